The molecule has 0 radical (unpaired) electrons. The summed E-state index contributed by atoms with van der Waals surface area (Å²) in [6.07, 6.45) is -4.83. The zero-order valence-electron chi connectivity index (χ0n) is 9.10. The lowest BCUT2D eigenvalue weighted by molar-refractivity contribution is -0.142. The third-order valence-electron chi connectivity index (χ3n) is 2.06. The molecule has 1 aromatic rings. The molecular formula is C10H12F3NO3. The van der Waals surface area contributed by atoms with E-state index in [0.29, 0.717) is 0 Å². The number of aliphatic hydroxyl groups excluding tert-OH is 1. The Hall–Kier alpha value is -1.50. The first-order valence-corrected chi connectivity index (χ1v) is 4.93. The van der Waals surface area contributed by atoms with Crippen LogP contribution in [0.2, 0.25) is 0 Å². The monoisotopic (exact) mass is 251 g/mol. The third kappa shape index (κ3) is 3.48. The zero-order valence-corrected chi connectivity index (χ0v) is 9.10. The van der Waals surface area contributed by atoms with Crippen LogP contribution in [0.1, 0.15) is 23.9 Å². The van der Waals surface area contributed by atoms with Crippen molar-refractivity contribution in [3.8, 4) is 0 Å². The number of nitrogens with one attached hydrogen (secondary N) is 1. The Bertz CT molecular complexity index is 398. The van der Waals surface area contributed by atoms with Crippen molar-refractivity contribution in [1.29, 1.82) is 0 Å². The van der Waals surface area contributed by atoms with Gasteiger partial charge in [-0.2, -0.15) is 13.2 Å². The van der Waals surface area contributed by atoms with Gasteiger partial charge in [-0.3, -0.25) is 4.79 Å². The summed E-state index contributed by atoms with van der Waals surface area (Å²) in [6, 6.07) is 0.808. The number of aromatic nitrogens is 1. The predicted octanol–water partition coefficient (Wildman–Crippen LogP) is 1.63. The van der Waals surface area contributed by atoms with Crippen molar-refractivity contribution in [2.24, 2.45) is 0 Å². The van der Waals surface area contributed by atoms with Crippen LogP contribution in [0.4, 0.5) is 13.2 Å². The second-order valence-electron chi connectivity index (χ2n) is 3.32. The van der Waals surface area contributed by atoms with E-state index in [1.165, 1.54) is 0 Å². The SMILES string of the molecule is CCOC(=O)Cc1cc(C(F)(F)F)c(CO)[nH]1. The fourth-order valence-electron chi connectivity index (χ4n) is 1.40. The van der Waals surface area contributed by atoms with Gasteiger partial charge in [0, 0.05) is 5.69 Å². The Labute approximate surface area is 95.4 Å². The molecule has 0 saturated heterocycles. The number of carbonyl (C=O) groups is 1. The van der Waals surface area contributed by atoms with Gasteiger partial charge in [0.25, 0.3) is 0 Å². The first-order chi connectivity index (χ1) is 7.88. The highest BCUT2D eigenvalue weighted by Gasteiger charge is 2.35. The van der Waals surface area contributed by atoms with E-state index in [1.807, 2.05) is 0 Å². The van der Waals surface area contributed by atoms with Gasteiger partial charge in [0.1, 0.15) is 0 Å². The number of ether oxygens (including phenoxy) is 1. The maximum atomic E-state index is 12.5. The number of alkyl halides is 3. The zero-order chi connectivity index (χ0) is 13.1. The fourth-order valence-corrected chi connectivity index (χ4v) is 1.40. The highest BCUT2D eigenvalue weighted by Crippen LogP contribution is 2.32. The molecule has 7 heteroatoms. The number of aromatic amines is 1. The maximum Gasteiger partial charge on any atom is 0.418 e. The van der Waals surface area contributed by atoms with Gasteiger partial charge in [-0.1, -0.05) is 0 Å². The lowest BCUT2D eigenvalue weighted by Crippen LogP contribution is -2.07. The van der Waals surface area contributed by atoms with Gasteiger partial charge >= 0.3 is 12.1 Å². The van der Waals surface area contributed by atoms with Gasteiger partial charge in [-0.05, 0) is 13.0 Å². The molecule has 96 valence electrons. The summed E-state index contributed by atoms with van der Waals surface area (Å²) in [4.78, 5) is 13.4. The molecule has 0 amide bonds. The number of hydrogen-bond acceptors (Lipinski definition) is 3. The van der Waals surface area contributed by atoms with Gasteiger partial charge < -0.3 is 14.8 Å². The largest absolute Gasteiger partial charge is 0.466 e. The lowest BCUT2D eigenvalue weighted by atomic mass is 10.2. The summed E-state index contributed by atoms with van der Waals surface area (Å²) in [7, 11) is 0. The van der Waals surface area contributed by atoms with E-state index in [0.717, 1.165) is 6.07 Å². The summed E-state index contributed by atoms with van der Waals surface area (Å²) < 4.78 is 42.1. The van der Waals surface area contributed by atoms with E-state index in [9.17, 15) is 18.0 Å². The molecule has 17 heavy (non-hydrogen) atoms. The van der Waals surface area contributed by atoms with Crippen LogP contribution in [0.25, 0.3) is 0 Å². The average molecular weight is 251 g/mol. The first-order valence-electron chi connectivity index (χ1n) is 4.93. The van der Waals surface area contributed by atoms with Crippen molar-refractivity contribution in [3.63, 3.8) is 0 Å². The van der Waals surface area contributed by atoms with Gasteiger partial charge in [0.15, 0.2) is 0 Å². The summed E-state index contributed by atoms with van der Waals surface area (Å²) in [5.74, 6) is -0.619. The van der Waals surface area contributed by atoms with Gasteiger partial charge in [0.05, 0.1) is 30.9 Å². The molecule has 0 aliphatic heterocycles. The molecular weight excluding hydrogens is 239 g/mol. The van der Waals surface area contributed by atoms with Crippen LogP contribution in [0.15, 0.2) is 6.07 Å². The van der Waals surface area contributed by atoms with E-state index in [-0.39, 0.29) is 24.4 Å². The molecule has 0 spiro atoms. The normalized spacial score (nSPS) is 11.6. The van der Waals surface area contributed by atoms with Crippen molar-refractivity contribution in [1.82, 2.24) is 4.98 Å². The minimum atomic E-state index is -4.55. The van der Waals surface area contributed by atoms with Gasteiger partial charge in [0.2, 0.25) is 0 Å². The summed E-state index contributed by atoms with van der Waals surface area (Å²) in [6.45, 7) is 1.00. The summed E-state index contributed by atoms with van der Waals surface area (Å²) >= 11 is 0. The molecule has 1 rings (SSSR count). The molecule has 1 heterocycles. The number of aliphatic hydroxyl groups is 1. The van der Waals surface area contributed by atoms with E-state index in [4.69, 9.17) is 5.11 Å². The average Bonchev–Trinajstić information content (AvgIpc) is 2.60. The van der Waals surface area contributed by atoms with E-state index >= 15 is 0 Å². The van der Waals surface area contributed by atoms with E-state index < -0.39 is 24.3 Å². The molecule has 2 N–H and O–H groups in total. The van der Waals surface area contributed by atoms with Crippen LogP contribution in [0.3, 0.4) is 0 Å². The van der Waals surface area contributed by atoms with Crippen molar-refractivity contribution < 1.29 is 27.8 Å². The van der Waals surface area contributed by atoms with Crippen molar-refractivity contribution in [2.75, 3.05) is 6.61 Å². The first kappa shape index (κ1) is 13.6. The number of H-pyrrole nitrogens is 1. The van der Waals surface area contributed by atoms with Crippen LogP contribution in [0.5, 0.6) is 0 Å². The molecule has 0 atom stereocenters. The Morgan fingerprint density at radius 2 is 2.18 bits per heavy atom. The van der Waals surface area contributed by atoms with Crippen LogP contribution in [-0.4, -0.2) is 22.7 Å². The molecule has 0 bridgehead atoms. The van der Waals surface area contributed by atoms with Crippen molar-refractivity contribution in [2.45, 2.75) is 26.1 Å². The molecule has 0 aliphatic carbocycles. The van der Waals surface area contributed by atoms with Gasteiger partial charge in [-0.15, -0.1) is 0 Å². The van der Waals surface area contributed by atoms with Crippen LogP contribution < -0.4 is 0 Å². The number of hydrogen-bond donors (Lipinski definition) is 2. The minimum absolute atomic E-state index is 0.0693. The summed E-state index contributed by atoms with van der Waals surface area (Å²) in [5, 5.41) is 8.79. The minimum Gasteiger partial charge on any atom is -0.466 e. The second-order valence-corrected chi connectivity index (χ2v) is 3.32. The summed E-state index contributed by atoms with van der Waals surface area (Å²) in [5.41, 5.74) is -1.24. The highest BCUT2D eigenvalue weighted by atomic mass is 19.4. The van der Waals surface area contributed by atoms with E-state index in [2.05, 4.69) is 9.72 Å². The number of rotatable bonds is 4. The smallest absolute Gasteiger partial charge is 0.418 e. The molecule has 1 aromatic heterocycles. The maximum absolute atomic E-state index is 12.5. The Morgan fingerprint density at radius 1 is 1.53 bits per heavy atom. The molecule has 0 saturated carbocycles. The Kier molecular flexibility index (Phi) is 4.17. The third-order valence-corrected chi connectivity index (χ3v) is 2.06. The van der Waals surface area contributed by atoms with Gasteiger partial charge in [-0.25, -0.2) is 0 Å². The lowest BCUT2D eigenvalue weighted by Gasteiger charge is -2.04. The molecule has 0 aromatic carbocycles. The van der Waals surface area contributed by atoms with Crippen LogP contribution >= 0.6 is 0 Å². The standard InChI is InChI=1S/C10H12F3NO3/c1-2-17-9(16)4-6-3-7(10(11,12)13)8(5-15)14-6/h3,14-15H,2,4-5H2,1H3. The van der Waals surface area contributed by atoms with Crippen LogP contribution in [0, 0.1) is 0 Å². The Balaban J connectivity index is 2.90. The number of carbonyl (C=O) groups excluding carboxylic acids is 1. The van der Waals surface area contributed by atoms with Crippen molar-refractivity contribution >= 4 is 5.97 Å². The topological polar surface area (TPSA) is 62.3 Å². The number of halogens is 3. The molecule has 4 nitrogen and oxygen atoms in total. The van der Waals surface area contributed by atoms with Crippen molar-refractivity contribution in [3.05, 3.63) is 23.0 Å². The van der Waals surface area contributed by atoms with E-state index in [1.54, 1.807) is 6.92 Å². The fraction of sp³-hybridized carbons (Fsp3) is 0.500. The molecule has 0 fully saturated rings. The quantitative estimate of drug-likeness (QED) is 0.799. The number of esters is 1. The predicted molar refractivity (Wildman–Crippen MR) is 52.1 cm³/mol. The molecule has 0 unspecified atom stereocenters. The second kappa shape index (κ2) is 5.22. The molecule has 0 aliphatic rings. The Morgan fingerprint density at radius 3 is 2.59 bits per heavy atom. The highest BCUT2D eigenvalue weighted by molar-refractivity contribution is 5.72. The van der Waals surface area contributed by atoms with Crippen LogP contribution in [-0.2, 0) is 28.7 Å².